The summed E-state index contributed by atoms with van der Waals surface area (Å²) >= 11 is 1.50. The number of thiophene rings is 1. The average molecular weight is 325 g/mol. The zero-order chi connectivity index (χ0) is 15.8. The number of methoxy groups -OCH3 is 1. The SMILES string of the molecule is COc1ccc2[nH]c(=O)c(-c3noc(-c4cccs4)n3)cc2c1. The Balaban J connectivity index is 1.85. The second-order valence-electron chi connectivity index (χ2n) is 4.87. The van der Waals surface area contributed by atoms with Gasteiger partial charge in [0.2, 0.25) is 5.82 Å². The number of hydrogen-bond acceptors (Lipinski definition) is 6. The number of rotatable bonds is 3. The molecule has 0 aliphatic rings. The van der Waals surface area contributed by atoms with Crippen molar-refractivity contribution in [3.05, 3.63) is 52.1 Å². The summed E-state index contributed by atoms with van der Waals surface area (Å²) in [5.41, 5.74) is 0.819. The van der Waals surface area contributed by atoms with Crippen LogP contribution in [0.15, 0.2) is 51.1 Å². The van der Waals surface area contributed by atoms with Crippen molar-refractivity contribution in [1.29, 1.82) is 0 Å². The Bertz CT molecular complexity index is 1030. The van der Waals surface area contributed by atoms with E-state index in [1.807, 2.05) is 23.6 Å². The van der Waals surface area contributed by atoms with E-state index in [0.29, 0.717) is 17.2 Å². The fourth-order valence-corrected chi connectivity index (χ4v) is 2.96. The molecule has 23 heavy (non-hydrogen) atoms. The van der Waals surface area contributed by atoms with Crippen molar-refractivity contribution in [2.24, 2.45) is 0 Å². The summed E-state index contributed by atoms with van der Waals surface area (Å²) < 4.78 is 10.5. The first-order chi connectivity index (χ1) is 11.2. The number of hydrogen-bond donors (Lipinski definition) is 1. The van der Waals surface area contributed by atoms with Crippen LogP contribution in [0.3, 0.4) is 0 Å². The van der Waals surface area contributed by atoms with Gasteiger partial charge in [-0.25, -0.2) is 0 Å². The second kappa shape index (κ2) is 5.36. The average Bonchev–Trinajstić information content (AvgIpc) is 3.25. The molecule has 0 saturated heterocycles. The molecule has 3 aromatic heterocycles. The van der Waals surface area contributed by atoms with E-state index in [9.17, 15) is 4.79 Å². The molecule has 0 aliphatic heterocycles. The van der Waals surface area contributed by atoms with Crippen LogP contribution in [-0.2, 0) is 0 Å². The van der Waals surface area contributed by atoms with E-state index in [0.717, 1.165) is 15.8 Å². The molecule has 3 heterocycles. The lowest BCUT2D eigenvalue weighted by atomic mass is 10.1. The topological polar surface area (TPSA) is 81.0 Å². The van der Waals surface area contributed by atoms with Gasteiger partial charge in [0.1, 0.15) is 5.75 Å². The van der Waals surface area contributed by atoms with Crippen molar-refractivity contribution in [2.75, 3.05) is 7.11 Å². The summed E-state index contributed by atoms with van der Waals surface area (Å²) in [6.45, 7) is 0. The van der Waals surface area contributed by atoms with Crippen molar-refractivity contribution in [3.8, 4) is 27.9 Å². The minimum Gasteiger partial charge on any atom is -0.497 e. The molecule has 6 nitrogen and oxygen atoms in total. The number of H-pyrrole nitrogens is 1. The van der Waals surface area contributed by atoms with Crippen molar-refractivity contribution in [1.82, 2.24) is 15.1 Å². The van der Waals surface area contributed by atoms with Crippen LogP contribution < -0.4 is 10.3 Å². The van der Waals surface area contributed by atoms with Crippen LogP contribution >= 0.6 is 11.3 Å². The number of pyridine rings is 1. The van der Waals surface area contributed by atoms with Crippen LogP contribution in [-0.4, -0.2) is 22.2 Å². The number of benzene rings is 1. The molecule has 1 N–H and O–H groups in total. The molecule has 1 aromatic carbocycles. The zero-order valence-corrected chi connectivity index (χ0v) is 12.9. The summed E-state index contributed by atoms with van der Waals surface area (Å²) in [6.07, 6.45) is 0. The summed E-state index contributed by atoms with van der Waals surface area (Å²) in [7, 11) is 1.60. The number of nitrogens with one attached hydrogen (secondary N) is 1. The molecule has 0 atom stereocenters. The highest BCUT2D eigenvalue weighted by Crippen LogP contribution is 2.26. The quantitative estimate of drug-likeness (QED) is 0.625. The van der Waals surface area contributed by atoms with Crippen LogP contribution in [0.1, 0.15) is 0 Å². The van der Waals surface area contributed by atoms with Gasteiger partial charge in [0.15, 0.2) is 0 Å². The van der Waals surface area contributed by atoms with E-state index in [4.69, 9.17) is 9.26 Å². The highest BCUT2D eigenvalue weighted by atomic mass is 32.1. The maximum atomic E-state index is 12.3. The van der Waals surface area contributed by atoms with E-state index in [1.54, 1.807) is 25.3 Å². The Hall–Kier alpha value is -2.93. The van der Waals surface area contributed by atoms with Gasteiger partial charge in [-0.2, -0.15) is 4.98 Å². The molecular formula is C16H11N3O3S. The lowest BCUT2D eigenvalue weighted by molar-refractivity contribution is 0.415. The third-order valence-electron chi connectivity index (χ3n) is 3.45. The Morgan fingerprint density at radius 1 is 1.26 bits per heavy atom. The molecule has 0 amide bonds. The normalized spacial score (nSPS) is 11.0. The van der Waals surface area contributed by atoms with E-state index >= 15 is 0 Å². The van der Waals surface area contributed by atoms with E-state index < -0.39 is 0 Å². The van der Waals surface area contributed by atoms with Gasteiger partial charge in [-0.1, -0.05) is 11.2 Å². The smallest absolute Gasteiger partial charge is 0.268 e. The fourth-order valence-electron chi connectivity index (χ4n) is 2.31. The first-order valence-electron chi connectivity index (χ1n) is 6.83. The van der Waals surface area contributed by atoms with E-state index in [1.165, 1.54) is 11.3 Å². The zero-order valence-electron chi connectivity index (χ0n) is 12.1. The second-order valence-corrected chi connectivity index (χ2v) is 5.81. The third-order valence-corrected chi connectivity index (χ3v) is 4.31. The van der Waals surface area contributed by atoms with Gasteiger partial charge in [-0.15, -0.1) is 11.3 Å². The Kier molecular flexibility index (Phi) is 3.20. The molecular weight excluding hydrogens is 314 g/mol. The predicted octanol–water partition coefficient (Wildman–Crippen LogP) is 3.32. The lowest BCUT2D eigenvalue weighted by Crippen LogP contribution is -2.09. The molecule has 0 spiro atoms. The van der Waals surface area contributed by atoms with Crippen molar-refractivity contribution < 1.29 is 9.26 Å². The molecule has 0 unspecified atom stereocenters. The van der Waals surface area contributed by atoms with Crippen LogP contribution in [0, 0.1) is 0 Å². The first-order valence-corrected chi connectivity index (χ1v) is 7.71. The third kappa shape index (κ3) is 2.40. The first kappa shape index (κ1) is 13.7. The number of fused-ring (bicyclic) bond motifs is 1. The van der Waals surface area contributed by atoms with E-state index in [2.05, 4.69) is 15.1 Å². The molecule has 0 fully saturated rings. The van der Waals surface area contributed by atoms with Gasteiger partial charge in [0, 0.05) is 10.9 Å². The largest absolute Gasteiger partial charge is 0.497 e. The summed E-state index contributed by atoms with van der Waals surface area (Å²) in [5.74, 6) is 1.38. The Morgan fingerprint density at radius 2 is 2.17 bits per heavy atom. The van der Waals surface area contributed by atoms with Crippen molar-refractivity contribution in [3.63, 3.8) is 0 Å². The fraction of sp³-hybridized carbons (Fsp3) is 0.0625. The number of aromatic nitrogens is 3. The molecule has 4 aromatic rings. The molecule has 0 bridgehead atoms. The molecule has 0 radical (unpaired) electrons. The standard InChI is InChI=1S/C16H11N3O3S/c1-21-10-4-5-12-9(7-10)8-11(15(20)17-12)14-18-16(22-19-14)13-3-2-6-23-13/h2-8H,1H3,(H,17,20). The Labute approximate surface area is 134 Å². The van der Waals surface area contributed by atoms with Gasteiger partial charge in [0.05, 0.1) is 17.6 Å². The summed E-state index contributed by atoms with van der Waals surface area (Å²) in [4.78, 5) is 20.3. The van der Waals surface area contributed by atoms with Crippen molar-refractivity contribution in [2.45, 2.75) is 0 Å². The molecule has 0 saturated carbocycles. The molecule has 114 valence electrons. The van der Waals surface area contributed by atoms with Gasteiger partial charge in [0.25, 0.3) is 11.4 Å². The maximum Gasteiger partial charge on any atom is 0.268 e. The van der Waals surface area contributed by atoms with Gasteiger partial charge in [-0.05, 0) is 35.7 Å². The molecule has 7 heteroatoms. The Morgan fingerprint density at radius 3 is 2.96 bits per heavy atom. The summed E-state index contributed by atoms with van der Waals surface area (Å²) in [6, 6.07) is 11.0. The van der Waals surface area contributed by atoms with Crippen molar-refractivity contribution >= 4 is 22.2 Å². The highest BCUT2D eigenvalue weighted by Gasteiger charge is 2.15. The number of aromatic amines is 1. The van der Waals surface area contributed by atoms with Crippen LogP contribution in [0.5, 0.6) is 5.75 Å². The van der Waals surface area contributed by atoms with Crippen LogP contribution in [0.4, 0.5) is 0 Å². The van der Waals surface area contributed by atoms with Crippen LogP contribution in [0.25, 0.3) is 33.1 Å². The number of ether oxygens (including phenoxy) is 1. The van der Waals surface area contributed by atoms with Gasteiger partial charge < -0.3 is 14.2 Å². The lowest BCUT2D eigenvalue weighted by Gasteiger charge is -2.03. The highest BCUT2D eigenvalue weighted by molar-refractivity contribution is 7.13. The van der Waals surface area contributed by atoms with Crippen LogP contribution in [0.2, 0.25) is 0 Å². The minimum atomic E-state index is -0.263. The maximum absolute atomic E-state index is 12.3. The molecule has 0 aliphatic carbocycles. The van der Waals surface area contributed by atoms with Gasteiger partial charge in [-0.3, -0.25) is 4.79 Å². The summed E-state index contributed by atoms with van der Waals surface area (Å²) in [5, 5.41) is 6.68. The number of nitrogens with zero attached hydrogens (tertiary/aromatic N) is 2. The van der Waals surface area contributed by atoms with E-state index in [-0.39, 0.29) is 11.4 Å². The molecule has 4 rings (SSSR count). The monoisotopic (exact) mass is 325 g/mol. The predicted molar refractivity (Wildman–Crippen MR) is 87.7 cm³/mol. The van der Waals surface area contributed by atoms with Gasteiger partial charge >= 0.3 is 0 Å². The minimum absolute atomic E-state index is 0.263.